The third-order valence-electron chi connectivity index (χ3n) is 11.7. The van der Waals surface area contributed by atoms with Crippen LogP contribution in [0.15, 0.2) is 78.9 Å². The summed E-state index contributed by atoms with van der Waals surface area (Å²) in [7, 11) is 0. The van der Waals surface area contributed by atoms with Crippen molar-refractivity contribution in [3.05, 3.63) is 95.6 Å². The molecule has 3 saturated heterocycles. The number of carboxylic acid groups (broad SMARTS) is 1. The largest absolute Gasteiger partial charge is 0.480 e. The summed E-state index contributed by atoms with van der Waals surface area (Å²) in [6.45, 7) is 6.02. The van der Waals surface area contributed by atoms with E-state index in [2.05, 4.69) is 10.6 Å². The molecular weight excluding hydrogens is 909 g/mol. The van der Waals surface area contributed by atoms with Gasteiger partial charge in [-0.25, -0.2) is 9.59 Å². The molecule has 0 bridgehead atoms. The van der Waals surface area contributed by atoms with E-state index in [1.165, 1.54) is 13.8 Å². The predicted molar refractivity (Wildman–Crippen MR) is 233 cm³/mol. The number of hydrogen-bond donors (Lipinski definition) is 3. The summed E-state index contributed by atoms with van der Waals surface area (Å²) >= 11 is 0. The first-order valence-corrected chi connectivity index (χ1v) is 22.2. The van der Waals surface area contributed by atoms with Crippen LogP contribution in [-0.2, 0) is 80.9 Å². The second kappa shape index (κ2) is 22.3. The van der Waals surface area contributed by atoms with Crippen LogP contribution in [0, 0.1) is 0 Å². The Labute approximate surface area is 396 Å². The lowest BCUT2D eigenvalue weighted by atomic mass is 9.94. The fraction of sp³-hybridized carbons (Fsp3) is 0.479. The zero-order chi connectivity index (χ0) is 49.5. The number of carbonyl (C=O) groups excluding carboxylic acids is 6. The molecule has 21 nitrogen and oxygen atoms in total. The number of aliphatic carboxylic acids is 1. The number of amides is 2. The Morgan fingerprint density at radius 3 is 1.86 bits per heavy atom. The number of alkyl carbamates (subject to hydrolysis) is 1. The Kier molecular flexibility index (Phi) is 16.3. The molecule has 13 atom stereocenters. The van der Waals surface area contributed by atoms with Gasteiger partial charge in [-0.15, -0.1) is 0 Å². The minimum absolute atomic E-state index is 0.108. The second-order valence-corrected chi connectivity index (χ2v) is 16.7. The molecule has 370 valence electrons. The molecule has 3 heterocycles. The van der Waals surface area contributed by atoms with Gasteiger partial charge < -0.3 is 67.8 Å². The molecule has 3 fully saturated rings. The SMILES string of the molecule is CC(=O)N[C@H]1[C@@H](O[C@H](C)[C@H](NC(=O)OCC2c3ccccc3-c3ccccc32)C(=O)O)O[C@@H]2CO[C@H](c3ccccc3)O[C@@H]2[C@@H]1O[C@@H]1O[C@H](COC(C)=O)[C@H](OC(C)=O)[C@H](OC(C)=O)[C@H]1OC(C)=O. The molecular formula is C48H54N2O19. The van der Waals surface area contributed by atoms with Crippen molar-refractivity contribution in [3.63, 3.8) is 0 Å². The van der Waals surface area contributed by atoms with Gasteiger partial charge in [0.2, 0.25) is 5.91 Å². The van der Waals surface area contributed by atoms with Gasteiger partial charge >= 0.3 is 35.9 Å². The number of rotatable bonds is 16. The van der Waals surface area contributed by atoms with Crippen LogP contribution in [0.5, 0.6) is 0 Å². The van der Waals surface area contributed by atoms with E-state index >= 15 is 0 Å². The first-order valence-electron chi connectivity index (χ1n) is 22.2. The highest BCUT2D eigenvalue weighted by Crippen LogP contribution is 2.45. The van der Waals surface area contributed by atoms with Gasteiger partial charge in [0.15, 0.2) is 43.2 Å². The molecule has 3 N–H and O–H groups in total. The lowest BCUT2D eigenvalue weighted by molar-refractivity contribution is -0.381. The van der Waals surface area contributed by atoms with Gasteiger partial charge in [0.25, 0.3) is 0 Å². The van der Waals surface area contributed by atoms with Crippen LogP contribution < -0.4 is 10.6 Å². The minimum atomic E-state index is -1.77. The van der Waals surface area contributed by atoms with Crippen molar-refractivity contribution in [2.24, 2.45) is 0 Å². The van der Waals surface area contributed by atoms with Gasteiger partial charge in [-0.2, -0.15) is 0 Å². The number of carboxylic acids is 1. The minimum Gasteiger partial charge on any atom is -0.480 e. The number of ether oxygens (including phenoxy) is 11. The molecule has 0 radical (unpaired) electrons. The first kappa shape index (κ1) is 50.4. The van der Waals surface area contributed by atoms with Gasteiger partial charge in [0.1, 0.15) is 43.7 Å². The summed E-state index contributed by atoms with van der Waals surface area (Å²) in [4.78, 5) is 89.2. The molecule has 3 aromatic carbocycles. The maximum atomic E-state index is 13.4. The molecule has 0 aromatic heterocycles. The highest BCUT2D eigenvalue weighted by atomic mass is 16.8. The Balaban J connectivity index is 1.18. The Hall–Kier alpha value is -6.49. The molecule has 2 amide bonds. The second-order valence-electron chi connectivity index (χ2n) is 16.7. The zero-order valence-corrected chi connectivity index (χ0v) is 38.5. The van der Waals surface area contributed by atoms with Crippen LogP contribution in [0.25, 0.3) is 11.1 Å². The molecule has 4 aliphatic rings. The van der Waals surface area contributed by atoms with Crippen molar-refractivity contribution < 1.29 is 90.8 Å². The van der Waals surface area contributed by atoms with E-state index in [9.17, 15) is 38.7 Å². The van der Waals surface area contributed by atoms with Crippen molar-refractivity contribution >= 4 is 41.8 Å². The van der Waals surface area contributed by atoms with E-state index in [0.29, 0.717) is 5.56 Å². The number of fused-ring (bicyclic) bond motifs is 4. The van der Waals surface area contributed by atoms with Crippen molar-refractivity contribution in [1.82, 2.24) is 10.6 Å². The Morgan fingerprint density at radius 1 is 0.667 bits per heavy atom. The van der Waals surface area contributed by atoms with Crippen LogP contribution in [-0.4, -0.2) is 140 Å². The third-order valence-corrected chi connectivity index (χ3v) is 11.7. The fourth-order valence-corrected chi connectivity index (χ4v) is 8.91. The van der Waals surface area contributed by atoms with Crippen LogP contribution >= 0.6 is 0 Å². The van der Waals surface area contributed by atoms with Crippen molar-refractivity contribution in [2.45, 2.75) is 127 Å². The number of benzene rings is 3. The zero-order valence-electron chi connectivity index (χ0n) is 38.5. The molecule has 7 rings (SSSR count). The van der Waals surface area contributed by atoms with Crippen LogP contribution in [0.3, 0.4) is 0 Å². The van der Waals surface area contributed by atoms with E-state index < -0.39 is 128 Å². The first-order chi connectivity index (χ1) is 33.0. The molecule has 21 heteroatoms. The Morgan fingerprint density at radius 2 is 1.26 bits per heavy atom. The maximum absolute atomic E-state index is 13.4. The lowest BCUT2D eigenvalue weighted by Crippen LogP contribution is -2.70. The smallest absolute Gasteiger partial charge is 0.407 e. The standard InChI is InChI=1S/C48H54N2O19/c1-23(37(44(56)57)50-48(58)61-20-34-32-18-12-10-16-30(32)31-17-11-13-19-33(31)34)62-46-38(49-24(2)51)41(39-36(66-46)22-60-45(68-39)29-14-8-7-9-15-29)69-47-43(65-28(6)55)42(64-27(5)54)40(63-26(4)53)35(67-47)21-59-25(3)52/h7-19,23,34-43,45-47H,20-22H2,1-6H3,(H,49,51)(H,50,58)(H,56,57)/t23-,35-,36-,37+,38-,39+,40+,41-,42+,43-,45+,46+,47+/m1/s1. The molecule has 0 unspecified atom stereocenters. The summed E-state index contributed by atoms with van der Waals surface area (Å²) in [6, 6.07) is 21.1. The number of esters is 4. The number of hydrogen-bond acceptors (Lipinski definition) is 18. The average Bonchev–Trinajstić information content (AvgIpc) is 3.62. The summed E-state index contributed by atoms with van der Waals surface area (Å²) in [6.07, 6.45) is -16.8. The molecule has 3 aliphatic heterocycles. The summed E-state index contributed by atoms with van der Waals surface area (Å²) in [5, 5.41) is 15.6. The summed E-state index contributed by atoms with van der Waals surface area (Å²) < 4.78 is 65.9. The maximum Gasteiger partial charge on any atom is 0.407 e. The topological polar surface area (TPSA) is 265 Å². The fourth-order valence-electron chi connectivity index (χ4n) is 8.91. The van der Waals surface area contributed by atoms with E-state index in [1.54, 1.807) is 30.3 Å². The predicted octanol–water partition coefficient (Wildman–Crippen LogP) is 3.20. The van der Waals surface area contributed by atoms with E-state index in [0.717, 1.165) is 49.9 Å². The normalized spacial score (nSPS) is 27.9. The summed E-state index contributed by atoms with van der Waals surface area (Å²) in [5.41, 5.74) is 4.48. The number of nitrogens with one attached hydrogen (secondary N) is 2. The van der Waals surface area contributed by atoms with Crippen LogP contribution in [0.2, 0.25) is 0 Å². The average molecular weight is 963 g/mol. The van der Waals surface area contributed by atoms with E-state index in [4.69, 9.17) is 52.1 Å². The highest BCUT2D eigenvalue weighted by Gasteiger charge is 2.58. The van der Waals surface area contributed by atoms with Gasteiger partial charge in [-0.3, -0.25) is 24.0 Å². The lowest BCUT2D eigenvalue weighted by Gasteiger charge is -2.51. The van der Waals surface area contributed by atoms with Crippen LogP contribution in [0.4, 0.5) is 4.79 Å². The monoisotopic (exact) mass is 962 g/mol. The third kappa shape index (κ3) is 12.0. The van der Waals surface area contributed by atoms with Gasteiger partial charge in [-0.1, -0.05) is 78.9 Å². The number of carbonyl (C=O) groups is 7. The van der Waals surface area contributed by atoms with Crippen molar-refractivity contribution in [1.29, 1.82) is 0 Å². The quantitative estimate of drug-likeness (QED) is 0.137. The highest BCUT2D eigenvalue weighted by molar-refractivity contribution is 5.81. The molecule has 0 saturated carbocycles. The molecule has 3 aromatic rings. The van der Waals surface area contributed by atoms with Gasteiger partial charge in [0, 0.05) is 46.1 Å². The van der Waals surface area contributed by atoms with Crippen molar-refractivity contribution in [3.8, 4) is 11.1 Å². The van der Waals surface area contributed by atoms with Crippen LogP contribution in [0.1, 0.15) is 70.4 Å². The van der Waals surface area contributed by atoms with Gasteiger partial charge in [0.05, 0.1) is 12.7 Å². The van der Waals surface area contributed by atoms with E-state index in [-0.39, 0.29) is 19.1 Å². The van der Waals surface area contributed by atoms with E-state index in [1.807, 2.05) is 48.5 Å². The molecule has 69 heavy (non-hydrogen) atoms. The molecule has 0 spiro atoms. The van der Waals surface area contributed by atoms with Crippen molar-refractivity contribution in [2.75, 3.05) is 19.8 Å². The summed E-state index contributed by atoms with van der Waals surface area (Å²) in [5.74, 6) is -5.84. The Bertz CT molecular complexity index is 2320. The molecule has 1 aliphatic carbocycles. The van der Waals surface area contributed by atoms with Gasteiger partial charge in [-0.05, 0) is 29.2 Å².